The number of carbonyl (C=O) groups excluding carboxylic acids is 2. The molecular formula is C31H39Cl2FN4O2. The lowest BCUT2D eigenvalue weighted by Gasteiger charge is -2.25. The summed E-state index contributed by atoms with van der Waals surface area (Å²) in [5.74, 6) is 1.24. The number of nitrogens with one attached hydrogen (secondary N) is 1. The van der Waals surface area contributed by atoms with Crippen molar-refractivity contribution in [3.63, 3.8) is 0 Å². The Morgan fingerprint density at radius 3 is 2.40 bits per heavy atom. The molecule has 0 saturated heterocycles. The molecule has 0 radical (unpaired) electrons. The highest BCUT2D eigenvalue weighted by molar-refractivity contribution is 6.31. The maximum absolute atomic E-state index is 14.0. The lowest BCUT2D eigenvalue weighted by atomic mass is 9.91. The fraction of sp³-hybridized carbons (Fsp3) is 0.452. The van der Waals surface area contributed by atoms with Crippen LogP contribution in [0.25, 0.3) is 11.4 Å². The molecule has 1 fully saturated rings. The topological polar surface area (TPSA) is 67.2 Å². The molecule has 1 saturated carbocycles. The van der Waals surface area contributed by atoms with Crippen molar-refractivity contribution in [2.45, 2.75) is 65.5 Å². The molecule has 1 aliphatic carbocycles. The Bertz CT molecular complexity index is 1300. The number of fused-ring (bicyclic) bond motifs is 2. The molecule has 1 N–H and O–H groups in total. The third-order valence-corrected chi connectivity index (χ3v) is 7.47. The number of ketones is 1. The monoisotopic (exact) mass is 588 g/mol. The van der Waals surface area contributed by atoms with Gasteiger partial charge in [-0.25, -0.2) is 9.37 Å². The van der Waals surface area contributed by atoms with Crippen molar-refractivity contribution in [2.24, 2.45) is 5.92 Å². The van der Waals surface area contributed by atoms with Crippen LogP contribution in [-0.2, 0) is 24.3 Å². The Morgan fingerprint density at radius 2 is 1.77 bits per heavy atom. The first-order valence-electron chi connectivity index (χ1n) is 13.7. The summed E-state index contributed by atoms with van der Waals surface area (Å²) in [4.78, 5) is 29.2. The second-order valence-corrected chi connectivity index (χ2v) is 10.9. The lowest BCUT2D eigenvalue weighted by Crippen LogP contribution is -2.31. The minimum absolute atomic E-state index is 0.0438. The minimum Gasteiger partial charge on any atom is -0.325 e. The van der Waals surface area contributed by atoms with E-state index in [-0.39, 0.29) is 17.5 Å². The highest BCUT2D eigenvalue weighted by Gasteiger charge is 2.26. The summed E-state index contributed by atoms with van der Waals surface area (Å²) < 4.78 is 16.0. The van der Waals surface area contributed by atoms with Crippen LogP contribution < -0.4 is 5.32 Å². The number of likely N-dealkylation sites (N-methyl/N-ethyl adjacent to an activating group) is 1. The van der Waals surface area contributed by atoms with Gasteiger partial charge in [0.25, 0.3) is 0 Å². The van der Waals surface area contributed by atoms with Gasteiger partial charge in [0, 0.05) is 43.7 Å². The lowest BCUT2D eigenvalue weighted by molar-refractivity contribution is -0.115. The number of rotatable bonds is 2. The molecule has 6 rings (SSSR count). The number of nitrogens with zero attached hydrogens (tertiary/aromatic N) is 3. The van der Waals surface area contributed by atoms with Gasteiger partial charge in [0.1, 0.15) is 17.3 Å². The van der Waals surface area contributed by atoms with Crippen LogP contribution >= 0.6 is 23.2 Å². The van der Waals surface area contributed by atoms with Crippen molar-refractivity contribution in [3.05, 3.63) is 70.3 Å². The third kappa shape index (κ3) is 8.38. The molecule has 2 aromatic carbocycles. The molecule has 40 heavy (non-hydrogen) atoms. The van der Waals surface area contributed by atoms with E-state index in [1.54, 1.807) is 30.3 Å². The molecule has 3 aliphatic rings. The van der Waals surface area contributed by atoms with Crippen LogP contribution in [0.15, 0.2) is 42.5 Å². The van der Waals surface area contributed by atoms with Gasteiger partial charge in [-0.1, -0.05) is 68.8 Å². The minimum atomic E-state index is -0.311. The molecule has 3 aromatic rings. The van der Waals surface area contributed by atoms with Crippen molar-refractivity contribution in [3.8, 4) is 11.4 Å². The van der Waals surface area contributed by atoms with E-state index in [1.165, 1.54) is 51.5 Å². The number of Topliss-reactive ketones (excluding diaryl/α,β-unsaturated/α-hetero) is 1. The summed E-state index contributed by atoms with van der Waals surface area (Å²) in [5, 5.41) is 3.37. The largest absolute Gasteiger partial charge is 0.325 e. The summed E-state index contributed by atoms with van der Waals surface area (Å²) in [7, 11) is 2.00. The van der Waals surface area contributed by atoms with E-state index in [2.05, 4.69) is 33.7 Å². The molecule has 1 amide bonds. The van der Waals surface area contributed by atoms with E-state index < -0.39 is 0 Å². The molecule has 0 spiro atoms. The summed E-state index contributed by atoms with van der Waals surface area (Å²) in [6.45, 7) is 6.11. The van der Waals surface area contributed by atoms with Crippen LogP contribution in [0.1, 0.15) is 67.7 Å². The van der Waals surface area contributed by atoms with Gasteiger partial charge in [-0.05, 0) is 42.8 Å². The number of aromatic nitrogens is 2. The number of anilines is 1. The van der Waals surface area contributed by atoms with Crippen LogP contribution in [-0.4, -0.2) is 46.1 Å². The van der Waals surface area contributed by atoms with Gasteiger partial charge in [-0.3, -0.25) is 14.5 Å². The molecule has 1 aromatic heterocycles. The normalized spacial score (nSPS) is 16.1. The standard InChI is InChI=1S/C15H16FN3O.C8H6ClNO.C7H14.CH3Cl/c1-10(20)14-13-9-18(2)7-8-19(13)15(17-14)11-5-3-4-6-12(11)16;9-6-2-1-5-3-8(11)10-7(5)4-6;1-7-5-3-2-4-6-7;1-2/h3-6H,7-9H2,1-2H3;1-2,4H,3H2,(H,10,11);7H,2-6H2,1H3;1H3. The molecule has 9 heteroatoms. The van der Waals surface area contributed by atoms with Gasteiger partial charge in [0.2, 0.25) is 5.91 Å². The van der Waals surface area contributed by atoms with Crippen LogP contribution in [0.5, 0.6) is 0 Å². The number of carbonyl (C=O) groups is 2. The zero-order valence-corrected chi connectivity index (χ0v) is 25.3. The first-order valence-corrected chi connectivity index (χ1v) is 14.9. The molecule has 0 unspecified atom stereocenters. The fourth-order valence-corrected chi connectivity index (χ4v) is 5.29. The van der Waals surface area contributed by atoms with Gasteiger partial charge in [-0.15, -0.1) is 11.6 Å². The number of imidazole rings is 1. The Balaban J connectivity index is 0.000000184. The number of hydrogen-bond acceptors (Lipinski definition) is 4. The quantitative estimate of drug-likeness (QED) is 0.247. The van der Waals surface area contributed by atoms with Crippen LogP contribution in [0.4, 0.5) is 10.1 Å². The average Bonchev–Trinajstić information content (AvgIpc) is 3.50. The predicted octanol–water partition coefficient (Wildman–Crippen LogP) is 7.61. The Labute approximate surface area is 246 Å². The van der Waals surface area contributed by atoms with Crippen molar-refractivity contribution >= 4 is 40.6 Å². The molecule has 2 aliphatic heterocycles. The van der Waals surface area contributed by atoms with Gasteiger partial charge in [-0.2, -0.15) is 0 Å². The highest BCUT2D eigenvalue weighted by atomic mass is 35.5. The number of benzene rings is 2. The van der Waals surface area contributed by atoms with Crippen LogP contribution in [0.2, 0.25) is 5.02 Å². The maximum Gasteiger partial charge on any atom is 0.228 e. The van der Waals surface area contributed by atoms with E-state index in [0.717, 1.165) is 36.0 Å². The SMILES string of the molecule is CC(=O)c1nc(-c2ccccc2F)n2c1CN(C)CC2.CC1CCCCC1.CCl.O=C1Cc2ccc(Cl)cc2N1. The zero-order chi connectivity index (χ0) is 29.2. The van der Waals surface area contributed by atoms with Crippen molar-refractivity contribution in [1.29, 1.82) is 0 Å². The first kappa shape index (κ1) is 31.8. The molecule has 216 valence electrons. The summed E-state index contributed by atoms with van der Waals surface area (Å²) in [6.07, 6.45) is 9.39. The second kappa shape index (κ2) is 15.3. The van der Waals surface area contributed by atoms with E-state index >= 15 is 0 Å². The number of hydrogen-bond donors (Lipinski definition) is 1. The fourth-order valence-electron chi connectivity index (χ4n) is 5.12. The van der Waals surface area contributed by atoms with Crippen molar-refractivity contribution in [2.75, 3.05) is 25.3 Å². The number of alkyl halides is 1. The molecule has 6 nitrogen and oxygen atoms in total. The Kier molecular flexibility index (Phi) is 12.2. The number of amides is 1. The highest BCUT2D eigenvalue weighted by Crippen LogP contribution is 2.28. The van der Waals surface area contributed by atoms with E-state index in [4.69, 9.17) is 11.6 Å². The van der Waals surface area contributed by atoms with Gasteiger partial charge < -0.3 is 9.88 Å². The first-order chi connectivity index (χ1) is 19.2. The van der Waals surface area contributed by atoms with E-state index in [0.29, 0.717) is 35.1 Å². The maximum atomic E-state index is 14.0. The van der Waals surface area contributed by atoms with Gasteiger partial charge in [0.05, 0.1) is 17.7 Å². The van der Waals surface area contributed by atoms with Crippen LogP contribution in [0, 0.1) is 11.7 Å². The summed E-state index contributed by atoms with van der Waals surface area (Å²) in [5.41, 5.74) is 3.66. The summed E-state index contributed by atoms with van der Waals surface area (Å²) >= 11 is 10.4. The molecule has 3 heterocycles. The molecular weight excluding hydrogens is 550 g/mol. The third-order valence-electron chi connectivity index (χ3n) is 7.24. The van der Waals surface area contributed by atoms with Gasteiger partial charge >= 0.3 is 0 Å². The van der Waals surface area contributed by atoms with Crippen molar-refractivity contribution in [1.82, 2.24) is 14.5 Å². The van der Waals surface area contributed by atoms with Crippen molar-refractivity contribution < 1.29 is 14.0 Å². The predicted molar refractivity (Wildman–Crippen MR) is 162 cm³/mol. The molecule has 0 bridgehead atoms. The Hall–Kier alpha value is -2.74. The number of halogens is 3. The molecule has 0 atom stereocenters. The summed E-state index contributed by atoms with van der Waals surface area (Å²) in [6, 6.07) is 12.0. The van der Waals surface area contributed by atoms with Gasteiger partial charge in [0.15, 0.2) is 5.78 Å². The van der Waals surface area contributed by atoms with Crippen LogP contribution in [0.3, 0.4) is 0 Å². The smallest absolute Gasteiger partial charge is 0.228 e. The average molecular weight is 590 g/mol. The van der Waals surface area contributed by atoms with E-state index in [9.17, 15) is 14.0 Å². The Morgan fingerprint density at radius 1 is 1.07 bits per heavy atom. The zero-order valence-electron chi connectivity index (χ0n) is 23.8. The van der Waals surface area contributed by atoms with E-state index in [1.807, 2.05) is 17.7 Å². The second-order valence-electron chi connectivity index (χ2n) is 10.4.